The summed E-state index contributed by atoms with van der Waals surface area (Å²) in [7, 11) is 1.62. The number of hydrogen-bond donors (Lipinski definition) is 0. The second kappa shape index (κ2) is 5.83. The van der Waals surface area contributed by atoms with E-state index in [9.17, 15) is 0 Å². The van der Waals surface area contributed by atoms with Gasteiger partial charge in [-0.1, -0.05) is 0 Å². The van der Waals surface area contributed by atoms with Gasteiger partial charge in [0, 0.05) is 6.07 Å². The van der Waals surface area contributed by atoms with Gasteiger partial charge in [0.25, 0.3) is 0 Å². The number of thioether (sulfide) groups is 1. The first-order chi connectivity index (χ1) is 8.33. The van der Waals surface area contributed by atoms with Crippen molar-refractivity contribution in [3.63, 3.8) is 0 Å². The summed E-state index contributed by atoms with van der Waals surface area (Å²) in [6.07, 6.45) is 2.37. The second-order valence-electron chi connectivity index (χ2n) is 3.91. The summed E-state index contributed by atoms with van der Waals surface area (Å²) in [6, 6.07) is 7.39. The molecule has 2 rings (SSSR count). The fraction of sp³-hybridized carbons (Fsp3) is 0.462. The Balaban J connectivity index is 2.14. The van der Waals surface area contributed by atoms with Crippen molar-refractivity contribution in [2.24, 2.45) is 0 Å². The summed E-state index contributed by atoms with van der Waals surface area (Å²) in [5.41, 5.74) is 0.603. The van der Waals surface area contributed by atoms with Crippen molar-refractivity contribution < 1.29 is 9.47 Å². The highest BCUT2D eigenvalue weighted by molar-refractivity contribution is 7.99. The molecule has 90 valence electrons. The number of nitriles is 1. The molecule has 17 heavy (non-hydrogen) atoms. The largest absolute Gasteiger partial charge is 0.493 e. The van der Waals surface area contributed by atoms with Crippen molar-refractivity contribution in [1.82, 2.24) is 0 Å². The van der Waals surface area contributed by atoms with E-state index in [1.165, 1.54) is 0 Å². The molecule has 0 spiro atoms. The zero-order chi connectivity index (χ0) is 12.1. The number of hydrogen-bond acceptors (Lipinski definition) is 4. The lowest BCUT2D eigenvalue weighted by molar-refractivity contribution is 0.184. The van der Waals surface area contributed by atoms with Crippen molar-refractivity contribution in [2.45, 2.75) is 18.9 Å². The quantitative estimate of drug-likeness (QED) is 0.826. The molecule has 0 radical (unpaired) electrons. The van der Waals surface area contributed by atoms with Gasteiger partial charge in [-0.3, -0.25) is 0 Å². The van der Waals surface area contributed by atoms with Crippen LogP contribution < -0.4 is 9.47 Å². The zero-order valence-corrected chi connectivity index (χ0v) is 10.6. The van der Waals surface area contributed by atoms with Crippen LogP contribution in [0.5, 0.6) is 11.5 Å². The highest BCUT2D eigenvalue weighted by atomic mass is 32.2. The van der Waals surface area contributed by atoms with Gasteiger partial charge in [-0.25, -0.2) is 0 Å². The van der Waals surface area contributed by atoms with Gasteiger partial charge in [0.2, 0.25) is 0 Å². The molecule has 1 aliphatic rings. The molecule has 0 atom stereocenters. The minimum absolute atomic E-state index is 0.249. The summed E-state index contributed by atoms with van der Waals surface area (Å²) >= 11 is 1.96. The van der Waals surface area contributed by atoms with E-state index < -0.39 is 0 Å². The van der Waals surface area contributed by atoms with Crippen LogP contribution in [0.2, 0.25) is 0 Å². The summed E-state index contributed by atoms with van der Waals surface area (Å²) < 4.78 is 11.2. The molecule has 0 aromatic heterocycles. The highest BCUT2D eigenvalue weighted by Gasteiger charge is 2.17. The Labute approximate surface area is 106 Å². The molecular formula is C13H15NO2S. The second-order valence-corrected chi connectivity index (χ2v) is 5.13. The van der Waals surface area contributed by atoms with Crippen LogP contribution in [0.25, 0.3) is 0 Å². The van der Waals surface area contributed by atoms with Crippen LogP contribution in [0.3, 0.4) is 0 Å². The molecule has 1 aromatic rings. The van der Waals surface area contributed by atoms with Crippen molar-refractivity contribution in [3.8, 4) is 17.6 Å². The lowest BCUT2D eigenvalue weighted by atomic mass is 10.2. The molecule has 0 saturated carbocycles. The Bertz CT molecular complexity index is 422. The molecule has 0 amide bonds. The van der Waals surface area contributed by atoms with E-state index >= 15 is 0 Å². The first-order valence-electron chi connectivity index (χ1n) is 5.66. The van der Waals surface area contributed by atoms with E-state index in [2.05, 4.69) is 6.07 Å². The molecular weight excluding hydrogens is 234 g/mol. The third-order valence-electron chi connectivity index (χ3n) is 2.75. The molecule has 1 aromatic carbocycles. The van der Waals surface area contributed by atoms with Crippen LogP contribution in [0.4, 0.5) is 0 Å². The number of methoxy groups -OCH3 is 1. The van der Waals surface area contributed by atoms with Crippen LogP contribution >= 0.6 is 11.8 Å². The van der Waals surface area contributed by atoms with Gasteiger partial charge < -0.3 is 9.47 Å². The fourth-order valence-electron chi connectivity index (χ4n) is 1.81. The van der Waals surface area contributed by atoms with Crippen LogP contribution in [-0.4, -0.2) is 24.7 Å². The minimum atomic E-state index is 0.249. The summed E-state index contributed by atoms with van der Waals surface area (Å²) in [4.78, 5) is 0. The number of ether oxygens (including phenoxy) is 2. The molecule has 1 saturated heterocycles. The van der Waals surface area contributed by atoms with Gasteiger partial charge in [-0.05, 0) is 36.5 Å². The molecule has 4 heteroatoms. The minimum Gasteiger partial charge on any atom is -0.493 e. The Hall–Kier alpha value is -1.34. The third-order valence-corrected chi connectivity index (χ3v) is 3.80. The summed E-state index contributed by atoms with van der Waals surface area (Å²) in [5, 5.41) is 8.88. The number of nitrogens with zero attached hydrogens (tertiary/aromatic N) is 1. The van der Waals surface area contributed by atoms with Crippen LogP contribution in [0.1, 0.15) is 18.4 Å². The monoisotopic (exact) mass is 249 g/mol. The average Bonchev–Trinajstić information content (AvgIpc) is 2.40. The van der Waals surface area contributed by atoms with Gasteiger partial charge in [-0.15, -0.1) is 0 Å². The van der Waals surface area contributed by atoms with Gasteiger partial charge in [0.05, 0.1) is 18.7 Å². The van der Waals surface area contributed by atoms with Crippen molar-refractivity contribution in [1.29, 1.82) is 5.26 Å². The van der Waals surface area contributed by atoms with Crippen LogP contribution in [0.15, 0.2) is 18.2 Å². The standard InChI is InChI=1S/C13H15NO2S/c1-15-12-3-2-10(9-14)8-13(12)16-11-4-6-17-7-5-11/h2-3,8,11H,4-7H2,1H3. The SMILES string of the molecule is COc1ccc(C#N)cc1OC1CCSCC1. The molecule has 0 bridgehead atoms. The maximum Gasteiger partial charge on any atom is 0.162 e. The predicted octanol–water partition coefficient (Wildman–Crippen LogP) is 2.84. The Kier molecular flexibility index (Phi) is 4.16. The number of benzene rings is 1. The molecule has 1 heterocycles. The lowest BCUT2D eigenvalue weighted by Crippen LogP contribution is -2.22. The topological polar surface area (TPSA) is 42.2 Å². The normalized spacial score (nSPS) is 16.2. The van der Waals surface area contributed by atoms with Crippen molar-refractivity contribution in [3.05, 3.63) is 23.8 Å². The van der Waals surface area contributed by atoms with E-state index in [0.717, 1.165) is 24.3 Å². The van der Waals surface area contributed by atoms with E-state index in [4.69, 9.17) is 14.7 Å². The van der Waals surface area contributed by atoms with Gasteiger partial charge in [0.1, 0.15) is 6.10 Å². The first-order valence-corrected chi connectivity index (χ1v) is 6.81. The molecule has 0 aliphatic carbocycles. The van der Waals surface area contributed by atoms with Gasteiger partial charge >= 0.3 is 0 Å². The molecule has 0 unspecified atom stereocenters. The summed E-state index contributed by atoms with van der Waals surface area (Å²) in [5.74, 6) is 3.67. The maximum absolute atomic E-state index is 8.88. The zero-order valence-electron chi connectivity index (χ0n) is 9.81. The smallest absolute Gasteiger partial charge is 0.162 e. The third kappa shape index (κ3) is 3.07. The highest BCUT2D eigenvalue weighted by Crippen LogP contribution is 2.31. The van der Waals surface area contributed by atoms with E-state index in [-0.39, 0.29) is 6.10 Å². The van der Waals surface area contributed by atoms with E-state index in [1.807, 2.05) is 11.8 Å². The van der Waals surface area contributed by atoms with E-state index in [0.29, 0.717) is 17.1 Å². The van der Waals surface area contributed by atoms with Crippen molar-refractivity contribution in [2.75, 3.05) is 18.6 Å². The molecule has 0 N–H and O–H groups in total. The Morgan fingerprint density at radius 1 is 1.29 bits per heavy atom. The van der Waals surface area contributed by atoms with Gasteiger partial charge in [0.15, 0.2) is 11.5 Å². The average molecular weight is 249 g/mol. The predicted molar refractivity (Wildman–Crippen MR) is 68.7 cm³/mol. The molecule has 3 nitrogen and oxygen atoms in total. The first kappa shape index (κ1) is 12.1. The van der Waals surface area contributed by atoms with Crippen LogP contribution in [-0.2, 0) is 0 Å². The van der Waals surface area contributed by atoms with Gasteiger partial charge in [-0.2, -0.15) is 17.0 Å². The Morgan fingerprint density at radius 2 is 2.06 bits per heavy atom. The molecule has 1 aliphatic heterocycles. The fourth-order valence-corrected chi connectivity index (χ4v) is 2.87. The molecule has 1 fully saturated rings. The summed E-state index contributed by atoms with van der Waals surface area (Å²) in [6.45, 7) is 0. The van der Waals surface area contributed by atoms with Crippen molar-refractivity contribution >= 4 is 11.8 Å². The van der Waals surface area contributed by atoms with Crippen LogP contribution in [0, 0.1) is 11.3 Å². The lowest BCUT2D eigenvalue weighted by Gasteiger charge is -2.23. The maximum atomic E-state index is 8.88. The van der Waals surface area contributed by atoms with E-state index in [1.54, 1.807) is 25.3 Å². The Morgan fingerprint density at radius 3 is 2.71 bits per heavy atom. The number of rotatable bonds is 3.